The second kappa shape index (κ2) is 10.0. The van der Waals surface area contributed by atoms with Crippen LogP contribution >= 0.6 is 0 Å². The molecule has 2 unspecified atom stereocenters. The van der Waals surface area contributed by atoms with Gasteiger partial charge in [-0.2, -0.15) is 0 Å². The minimum absolute atomic E-state index is 0.0404. The summed E-state index contributed by atoms with van der Waals surface area (Å²) in [4.78, 5) is 12.4. The zero-order valence-corrected chi connectivity index (χ0v) is 15.6. The highest BCUT2D eigenvalue weighted by Crippen LogP contribution is 2.24. The van der Waals surface area contributed by atoms with E-state index in [9.17, 15) is 9.18 Å². The van der Waals surface area contributed by atoms with Gasteiger partial charge in [0.15, 0.2) is 0 Å². The second-order valence-electron chi connectivity index (χ2n) is 6.78. The highest BCUT2D eigenvalue weighted by molar-refractivity contribution is 5.93. The molecule has 0 bridgehead atoms. The number of benzene rings is 2. The molecule has 0 aromatic heterocycles. The Morgan fingerprint density at radius 2 is 1.89 bits per heavy atom. The lowest BCUT2D eigenvalue weighted by Gasteiger charge is -2.29. The van der Waals surface area contributed by atoms with Crippen molar-refractivity contribution in [1.29, 1.82) is 0 Å². The monoisotopic (exact) mass is 384 g/mol. The number of carbonyl (C=O) groups excluding carboxylic acids is 1. The first-order valence-corrected chi connectivity index (χ1v) is 9.43. The molecular formula is C22H25FN2O3. The van der Waals surface area contributed by atoms with Crippen molar-refractivity contribution < 1.29 is 19.0 Å². The van der Waals surface area contributed by atoms with E-state index in [1.165, 1.54) is 12.1 Å². The van der Waals surface area contributed by atoms with Crippen LogP contribution in [0.15, 0.2) is 66.2 Å². The summed E-state index contributed by atoms with van der Waals surface area (Å²) in [6.45, 7) is 0.692. The Labute approximate surface area is 164 Å². The molecule has 3 N–H and O–H groups in total. The van der Waals surface area contributed by atoms with E-state index in [4.69, 9.17) is 9.84 Å². The Bertz CT molecular complexity index is 793. The van der Waals surface area contributed by atoms with Crippen molar-refractivity contribution >= 4 is 5.91 Å². The predicted octanol–water partition coefficient (Wildman–Crippen LogP) is 2.56. The van der Waals surface area contributed by atoms with E-state index in [1.54, 1.807) is 12.1 Å². The molecule has 0 spiro atoms. The molecular weight excluding hydrogens is 359 g/mol. The lowest BCUT2D eigenvalue weighted by Crippen LogP contribution is -2.40. The molecule has 1 aliphatic rings. The van der Waals surface area contributed by atoms with Gasteiger partial charge < -0.3 is 20.5 Å². The van der Waals surface area contributed by atoms with E-state index in [0.29, 0.717) is 25.0 Å². The van der Waals surface area contributed by atoms with E-state index < -0.39 is 0 Å². The SMILES string of the molecule is O=C(NCCO)C1=CC(Oc2ccccc2)CC(NCc2ccc(F)cc2)C1. The van der Waals surface area contributed by atoms with Gasteiger partial charge in [0.1, 0.15) is 17.7 Å². The summed E-state index contributed by atoms with van der Waals surface area (Å²) in [6.07, 6.45) is 2.90. The summed E-state index contributed by atoms with van der Waals surface area (Å²) < 4.78 is 19.1. The highest BCUT2D eigenvalue weighted by atomic mass is 19.1. The van der Waals surface area contributed by atoms with E-state index in [1.807, 2.05) is 36.4 Å². The first-order valence-electron chi connectivity index (χ1n) is 9.43. The third-order valence-corrected chi connectivity index (χ3v) is 4.60. The molecule has 28 heavy (non-hydrogen) atoms. The summed E-state index contributed by atoms with van der Waals surface area (Å²) >= 11 is 0. The average Bonchev–Trinajstić information content (AvgIpc) is 2.72. The van der Waals surface area contributed by atoms with Crippen LogP contribution in [-0.4, -0.2) is 36.3 Å². The van der Waals surface area contributed by atoms with Crippen LogP contribution in [0, 0.1) is 5.82 Å². The number of ether oxygens (including phenoxy) is 1. The van der Waals surface area contributed by atoms with Gasteiger partial charge in [0.25, 0.3) is 0 Å². The molecule has 148 valence electrons. The third kappa shape index (κ3) is 5.90. The standard InChI is InChI=1S/C22H25FN2O3/c23-18-8-6-16(7-9-18)15-25-19-12-17(22(27)24-10-11-26)13-21(14-19)28-20-4-2-1-3-5-20/h1-9,13,19,21,25-26H,10-12,14-15H2,(H,24,27). The smallest absolute Gasteiger partial charge is 0.247 e. The molecule has 3 rings (SSSR count). The van der Waals surface area contributed by atoms with Crippen LogP contribution in [0.4, 0.5) is 4.39 Å². The molecule has 0 aliphatic heterocycles. The second-order valence-corrected chi connectivity index (χ2v) is 6.78. The molecule has 2 atom stereocenters. The number of nitrogens with one attached hydrogen (secondary N) is 2. The Hall–Kier alpha value is -2.70. The number of halogens is 1. The van der Waals surface area contributed by atoms with Crippen molar-refractivity contribution in [3.05, 3.63) is 77.6 Å². The van der Waals surface area contributed by atoms with Gasteiger partial charge in [-0.25, -0.2) is 4.39 Å². The highest BCUT2D eigenvalue weighted by Gasteiger charge is 2.26. The summed E-state index contributed by atoms with van der Waals surface area (Å²) in [6, 6.07) is 15.9. The van der Waals surface area contributed by atoms with Crippen LogP contribution in [0.2, 0.25) is 0 Å². The van der Waals surface area contributed by atoms with Crippen LogP contribution < -0.4 is 15.4 Å². The molecule has 0 fully saturated rings. The van der Waals surface area contributed by atoms with Gasteiger partial charge in [-0.05, 0) is 42.3 Å². The molecule has 2 aromatic rings. The van der Waals surface area contributed by atoms with Crippen LogP contribution in [0.25, 0.3) is 0 Å². The number of hydrogen-bond donors (Lipinski definition) is 3. The Kier molecular flexibility index (Phi) is 7.17. The Balaban J connectivity index is 1.67. The normalized spacial score (nSPS) is 19.0. The lowest BCUT2D eigenvalue weighted by molar-refractivity contribution is -0.118. The molecule has 5 nitrogen and oxygen atoms in total. The van der Waals surface area contributed by atoms with Gasteiger partial charge in [0, 0.05) is 31.1 Å². The largest absolute Gasteiger partial charge is 0.486 e. The zero-order chi connectivity index (χ0) is 19.8. The molecule has 0 saturated carbocycles. The fourth-order valence-corrected chi connectivity index (χ4v) is 3.22. The summed E-state index contributed by atoms with van der Waals surface area (Å²) in [5, 5.41) is 15.1. The van der Waals surface area contributed by atoms with Crippen molar-refractivity contribution in [2.45, 2.75) is 31.5 Å². The topological polar surface area (TPSA) is 70.6 Å². The fourth-order valence-electron chi connectivity index (χ4n) is 3.22. The van der Waals surface area contributed by atoms with Gasteiger partial charge in [-0.15, -0.1) is 0 Å². The zero-order valence-electron chi connectivity index (χ0n) is 15.6. The quantitative estimate of drug-likeness (QED) is 0.654. The van der Waals surface area contributed by atoms with Crippen LogP contribution in [0.3, 0.4) is 0 Å². The van der Waals surface area contributed by atoms with Crippen molar-refractivity contribution in [3.8, 4) is 5.75 Å². The van der Waals surface area contributed by atoms with Gasteiger partial charge in [0.2, 0.25) is 5.91 Å². The molecule has 0 saturated heterocycles. The maximum Gasteiger partial charge on any atom is 0.247 e. The predicted molar refractivity (Wildman–Crippen MR) is 105 cm³/mol. The number of aliphatic hydroxyl groups excluding tert-OH is 1. The van der Waals surface area contributed by atoms with E-state index in [2.05, 4.69) is 10.6 Å². The minimum Gasteiger partial charge on any atom is -0.486 e. The molecule has 0 radical (unpaired) electrons. The third-order valence-electron chi connectivity index (χ3n) is 4.60. The summed E-state index contributed by atoms with van der Waals surface area (Å²) in [7, 11) is 0. The Morgan fingerprint density at radius 1 is 1.14 bits per heavy atom. The number of para-hydroxylation sites is 1. The maximum absolute atomic E-state index is 13.1. The van der Waals surface area contributed by atoms with Gasteiger partial charge in [-0.3, -0.25) is 4.79 Å². The van der Waals surface area contributed by atoms with Crippen molar-refractivity contribution in [1.82, 2.24) is 10.6 Å². The number of rotatable bonds is 8. The lowest BCUT2D eigenvalue weighted by atomic mass is 9.91. The first-order chi connectivity index (χ1) is 13.6. The summed E-state index contributed by atoms with van der Waals surface area (Å²) in [5.41, 5.74) is 1.61. The number of hydrogen-bond acceptors (Lipinski definition) is 4. The number of aliphatic hydroxyl groups is 1. The molecule has 2 aromatic carbocycles. The first kappa shape index (κ1) is 20.0. The van der Waals surface area contributed by atoms with Crippen LogP contribution in [0.5, 0.6) is 5.75 Å². The Morgan fingerprint density at radius 3 is 2.61 bits per heavy atom. The van der Waals surface area contributed by atoms with Gasteiger partial charge in [-0.1, -0.05) is 30.3 Å². The summed E-state index contributed by atoms with van der Waals surface area (Å²) in [5.74, 6) is 0.297. The molecule has 1 aliphatic carbocycles. The van der Waals surface area contributed by atoms with Crippen LogP contribution in [-0.2, 0) is 11.3 Å². The van der Waals surface area contributed by atoms with E-state index >= 15 is 0 Å². The number of amides is 1. The molecule has 0 heterocycles. The van der Waals surface area contributed by atoms with Crippen molar-refractivity contribution in [2.75, 3.05) is 13.2 Å². The fraction of sp³-hybridized carbons (Fsp3) is 0.318. The van der Waals surface area contributed by atoms with Gasteiger partial charge in [0.05, 0.1) is 6.61 Å². The maximum atomic E-state index is 13.1. The molecule has 6 heteroatoms. The van der Waals surface area contributed by atoms with E-state index in [0.717, 1.165) is 11.3 Å². The number of carbonyl (C=O) groups is 1. The van der Waals surface area contributed by atoms with Crippen molar-refractivity contribution in [2.24, 2.45) is 0 Å². The minimum atomic E-state index is -0.261. The van der Waals surface area contributed by atoms with E-state index in [-0.39, 0.29) is 37.0 Å². The van der Waals surface area contributed by atoms with Gasteiger partial charge >= 0.3 is 0 Å². The molecule has 1 amide bonds. The van der Waals surface area contributed by atoms with Crippen molar-refractivity contribution in [3.63, 3.8) is 0 Å². The average molecular weight is 384 g/mol. The van der Waals surface area contributed by atoms with Crippen LogP contribution in [0.1, 0.15) is 18.4 Å².